The number of aliphatic carboxylic acids is 1. The van der Waals surface area contributed by atoms with E-state index >= 15 is 0 Å². The summed E-state index contributed by atoms with van der Waals surface area (Å²) in [7, 11) is 0. The standard InChI is InChI=1S/C4H6O3.C2H3O/c1-3(5)2-4(6)7;1-2-3/h2H2,1H3,(H,6,7);1H3. The number of ketones is 1. The Kier molecular flexibility index (Phi) is 9.05. The van der Waals surface area contributed by atoms with Gasteiger partial charge in [-0.15, -0.1) is 0 Å². The Morgan fingerprint density at radius 2 is 1.80 bits per heavy atom. The molecule has 0 aliphatic carbocycles. The number of hydrogen-bond acceptors (Lipinski definition) is 3. The van der Waals surface area contributed by atoms with E-state index in [2.05, 4.69) is 0 Å². The zero-order valence-corrected chi connectivity index (χ0v) is 5.88. The summed E-state index contributed by atoms with van der Waals surface area (Å²) in [6.45, 7) is 2.56. The fourth-order valence-electron chi connectivity index (χ4n) is 0.213. The Hall–Kier alpha value is -1.19. The van der Waals surface area contributed by atoms with Gasteiger partial charge in [-0.25, -0.2) is 0 Å². The molecule has 4 nitrogen and oxygen atoms in total. The second kappa shape index (κ2) is 7.81. The van der Waals surface area contributed by atoms with Gasteiger partial charge in [0.05, 0.1) is 0 Å². The van der Waals surface area contributed by atoms with Crippen LogP contribution in [0.3, 0.4) is 0 Å². The van der Waals surface area contributed by atoms with Gasteiger partial charge in [0, 0.05) is 6.92 Å². The maximum absolute atomic E-state index is 9.87. The fourth-order valence-corrected chi connectivity index (χ4v) is 0.213. The molecule has 0 spiro atoms. The number of rotatable bonds is 2. The normalized spacial score (nSPS) is 7.00. The van der Waals surface area contributed by atoms with Crippen molar-refractivity contribution in [3.8, 4) is 0 Å². The second-order valence-corrected chi connectivity index (χ2v) is 1.48. The van der Waals surface area contributed by atoms with E-state index in [0.717, 1.165) is 0 Å². The minimum atomic E-state index is -1.06. The molecule has 0 saturated carbocycles. The largest absolute Gasteiger partial charge is 0.481 e. The Labute approximate surface area is 58.8 Å². The first-order valence-electron chi connectivity index (χ1n) is 2.54. The molecule has 0 aliphatic rings. The van der Waals surface area contributed by atoms with E-state index in [1.54, 1.807) is 0 Å². The minimum Gasteiger partial charge on any atom is -0.481 e. The molecular formula is C6H9O4. The molecule has 0 bridgehead atoms. The monoisotopic (exact) mass is 145 g/mol. The Morgan fingerprint density at radius 1 is 1.50 bits per heavy atom. The van der Waals surface area contributed by atoms with Crippen molar-refractivity contribution in [1.82, 2.24) is 0 Å². The minimum absolute atomic E-state index is 0.312. The van der Waals surface area contributed by atoms with Crippen LogP contribution in [0.2, 0.25) is 0 Å². The molecular weight excluding hydrogens is 136 g/mol. The number of hydrogen-bond donors (Lipinski definition) is 1. The molecule has 4 heteroatoms. The van der Waals surface area contributed by atoms with Crippen LogP contribution in [-0.2, 0) is 14.4 Å². The molecule has 0 aromatic rings. The van der Waals surface area contributed by atoms with Gasteiger partial charge in [0.25, 0.3) is 0 Å². The van der Waals surface area contributed by atoms with Crippen LogP contribution in [-0.4, -0.2) is 23.1 Å². The van der Waals surface area contributed by atoms with E-state index in [4.69, 9.17) is 9.90 Å². The topological polar surface area (TPSA) is 71.4 Å². The number of carbonyl (C=O) groups is 2. The van der Waals surface area contributed by atoms with E-state index in [0.29, 0.717) is 0 Å². The van der Waals surface area contributed by atoms with E-state index < -0.39 is 5.97 Å². The van der Waals surface area contributed by atoms with Crippen LogP contribution in [0.4, 0.5) is 0 Å². The van der Waals surface area contributed by atoms with Crippen LogP contribution in [0.5, 0.6) is 0 Å². The van der Waals surface area contributed by atoms with Gasteiger partial charge in [-0.05, 0) is 6.92 Å². The smallest absolute Gasteiger partial charge is 0.310 e. The third-order valence-electron chi connectivity index (χ3n) is 0.400. The first-order valence-corrected chi connectivity index (χ1v) is 2.54. The molecule has 1 N–H and O–H groups in total. The van der Waals surface area contributed by atoms with Crippen molar-refractivity contribution < 1.29 is 19.5 Å². The van der Waals surface area contributed by atoms with Crippen LogP contribution in [0.15, 0.2) is 0 Å². The molecule has 0 fully saturated rings. The van der Waals surface area contributed by atoms with Gasteiger partial charge in [-0.2, -0.15) is 0 Å². The number of carboxylic acid groups (broad SMARTS) is 1. The van der Waals surface area contributed by atoms with Crippen molar-refractivity contribution in [2.24, 2.45) is 0 Å². The highest BCUT2D eigenvalue weighted by Gasteiger charge is 1.98. The molecule has 0 rings (SSSR count). The van der Waals surface area contributed by atoms with Crippen molar-refractivity contribution >= 4 is 18.0 Å². The molecule has 0 atom stereocenters. The van der Waals surface area contributed by atoms with Crippen molar-refractivity contribution in [3.63, 3.8) is 0 Å². The Balaban J connectivity index is 0. The summed E-state index contributed by atoms with van der Waals surface area (Å²) in [5.41, 5.74) is 0. The van der Waals surface area contributed by atoms with Crippen LogP contribution < -0.4 is 0 Å². The van der Waals surface area contributed by atoms with Gasteiger partial charge in [0.15, 0.2) is 6.29 Å². The van der Waals surface area contributed by atoms with Crippen molar-refractivity contribution in [1.29, 1.82) is 0 Å². The van der Waals surface area contributed by atoms with Crippen LogP contribution in [0.1, 0.15) is 20.3 Å². The highest BCUT2D eigenvalue weighted by Crippen LogP contribution is 1.77. The zero-order chi connectivity index (χ0) is 8.57. The van der Waals surface area contributed by atoms with E-state index in [-0.39, 0.29) is 12.2 Å². The summed E-state index contributed by atoms with van der Waals surface area (Å²) in [6.07, 6.45) is 1.14. The van der Waals surface area contributed by atoms with E-state index in [1.165, 1.54) is 20.1 Å². The lowest BCUT2D eigenvalue weighted by molar-refractivity contribution is -0.139. The number of carboxylic acids is 1. The van der Waals surface area contributed by atoms with Crippen LogP contribution >= 0.6 is 0 Å². The quantitative estimate of drug-likeness (QED) is 0.562. The van der Waals surface area contributed by atoms with Gasteiger partial charge in [-0.3, -0.25) is 14.4 Å². The lowest BCUT2D eigenvalue weighted by Crippen LogP contribution is -2.00. The maximum Gasteiger partial charge on any atom is 0.310 e. The first-order chi connectivity index (χ1) is 4.54. The molecule has 0 unspecified atom stereocenters. The summed E-state index contributed by atoms with van der Waals surface area (Å²) < 4.78 is 0. The van der Waals surface area contributed by atoms with Crippen molar-refractivity contribution in [2.75, 3.05) is 0 Å². The molecule has 0 heterocycles. The first kappa shape index (κ1) is 11.6. The number of Topliss-reactive ketones (excluding diaryl/α,β-unsaturated/α-hetero) is 1. The third kappa shape index (κ3) is 29.1. The second-order valence-electron chi connectivity index (χ2n) is 1.48. The highest BCUT2D eigenvalue weighted by molar-refractivity contribution is 5.93. The summed E-state index contributed by atoms with van der Waals surface area (Å²) in [4.78, 5) is 28.1. The molecule has 0 aromatic carbocycles. The summed E-state index contributed by atoms with van der Waals surface area (Å²) in [5.74, 6) is -1.37. The predicted molar refractivity (Wildman–Crippen MR) is 34.3 cm³/mol. The van der Waals surface area contributed by atoms with Gasteiger partial charge < -0.3 is 5.11 Å². The van der Waals surface area contributed by atoms with Crippen LogP contribution in [0, 0.1) is 0 Å². The molecule has 0 saturated heterocycles. The lowest BCUT2D eigenvalue weighted by atomic mass is 10.3. The Bertz CT molecular complexity index is 116. The summed E-state index contributed by atoms with van der Waals surface area (Å²) in [5, 5.41) is 7.86. The van der Waals surface area contributed by atoms with Crippen molar-refractivity contribution in [3.05, 3.63) is 0 Å². The van der Waals surface area contributed by atoms with Gasteiger partial charge in [-0.1, -0.05) is 0 Å². The average Bonchev–Trinajstić information content (AvgIpc) is 1.62. The van der Waals surface area contributed by atoms with Crippen molar-refractivity contribution in [2.45, 2.75) is 20.3 Å². The zero-order valence-electron chi connectivity index (χ0n) is 5.88. The third-order valence-corrected chi connectivity index (χ3v) is 0.400. The predicted octanol–water partition coefficient (Wildman–Crippen LogP) is 0.166. The summed E-state index contributed by atoms with van der Waals surface area (Å²) in [6, 6.07) is 0. The lowest BCUT2D eigenvalue weighted by Gasteiger charge is -1.80. The molecule has 0 aromatic heterocycles. The van der Waals surface area contributed by atoms with E-state index in [1.807, 2.05) is 0 Å². The maximum atomic E-state index is 9.87. The van der Waals surface area contributed by atoms with Gasteiger partial charge >= 0.3 is 5.97 Å². The molecule has 57 valence electrons. The Morgan fingerprint density at radius 3 is 1.80 bits per heavy atom. The molecule has 0 aliphatic heterocycles. The molecule has 1 radical (unpaired) electrons. The summed E-state index contributed by atoms with van der Waals surface area (Å²) >= 11 is 0. The van der Waals surface area contributed by atoms with Gasteiger partial charge in [0.1, 0.15) is 12.2 Å². The highest BCUT2D eigenvalue weighted by atomic mass is 16.4. The molecule has 10 heavy (non-hydrogen) atoms. The fraction of sp³-hybridized carbons (Fsp3) is 0.500. The van der Waals surface area contributed by atoms with E-state index in [9.17, 15) is 9.59 Å². The van der Waals surface area contributed by atoms with Crippen LogP contribution in [0.25, 0.3) is 0 Å². The molecule has 0 amide bonds. The van der Waals surface area contributed by atoms with Gasteiger partial charge in [0.2, 0.25) is 0 Å². The number of carbonyl (C=O) groups excluding carboxylic acids is 2. The SMILES string of the molecule is CC(=O)CC(=O)O.C[C]=O. The average molecular weight is 145 g/mol.